The lowest BCUT2D eigenvalue weighted by Crippen LogP contribution is -2.29. The molecular weight excluding hydrogens is 294 g/mol. The molecule has 1 amide bonds. The third kappa shape index (κ3) is 4.37. The van der Waals surface area contributed by atoms with Crippen molar-refractivity contribution in [2.24, 2.45) is 0 Å². The number of aromatic nitrogens is 2. The molecular formula is C17H21N3OS. The summed E-state index contributed by atoms with van der Waals surface area (Å²) in [6.45, 7) is 1.47. The molecule has 1 aromatic heterocycles. The maximum atomic E-state index is 11.8. The molecule has 3 rings (SSSR count). The molecule has 1 fully saturated rings. The topological polar surface area (TPSA) is 46.9 Å². The average molecular weight is 315 g/mol. The smallest absolute Gasteiger partial charge is 0.230 e. The van der Waals surface area contributed by atoms with Crippen LogP contribution in [0.1, 0.15) is 30.1 Å². The summed E-state index contributed by atoms with van der Waals surface area (Å²) in [6.07, 6.45) is 6.36. The second-order valence-corrected chi connectivity index (χ2v) is 6.57. The quantitative estimate of drug-likeness (QED) is 0.815. The van der Waals surface area contributed by atoms with Crippen molar-refractivity contribution < 1.29 is 4.79 Å². The molecule has 2 aromatic rings. The van der Waals surface area contributed by atoms with E-state index in [4.69, 9.17) is 0 Å². The zero-order valence-electron chi connectivity index (χ0n) is 12.6. The van der Waals surface area contributed by atoms with Gasteiger partial charge in [-0.15, -0.1) is 11.8 Å². The fourth-order valence-electron chi connectivity index (χ4n) is 2.41. The van der Waals surface area contributed by atoms with Gasteiger partial charge in [0.2, 0.25) is 5.91 Å². The van der Waals surface area contributed by atoms with Crippen LogP contribution in [-0.4, -0.2) is 27.8 Å². The van der Waals surface area contributed by atoms with Crippen molar-refractivity contribution in [2.45, 2.75) is 31.1 Å². The third-order valence-electron chi connectivity index (χ3n) is 3.71. The molecule has 0 atom stereocenters. The number of thioether (sulfide) groups is 1. The van der Waals surface area contributed by atoms with E-state index in [0.29, 0.717) is 18.2 Å². The van der Waals surface area contributed by atoms with E-state index in [0.717, 1.165) is 12.3 Å². The van der Waals surface area contributed by atoms with Gasteiger partial charge in [-0.05, 0) is 18.4 Å². The summed E-state index contributed by atoms with van der Waals surface area (Å²) in [4.78, 5) is 16.2. The Bertz CT molecular complexity index is 607. The lowest BCUT2D eigenvalue weighted by Gasteiger charge is -2.08. The molecule has 1 aliphatic carbocycles. The van der Waals surface area contributed by atoms with Gasteiger partial charge in [0, 0.05) is 37.2 Å². The monoisotopic (exact) mass is 315 g/mol. The largest absolute Gasteiger partial charge is 0.354 e. The van der Waals surface area contributed by atoms with E-state index in [2.05, 4.69) is 27.0 Å². The first-order valence-electron chi connectivity index (χ1n) is 7.72. The van der Waals surface area contributed by atoms with E-state index in [-0.39, 0.29) is 5.91 Å². The van der Waals surface area contributed by atoms with Crippen molar-refractivity contribution in [3.8, 4) is 0 Å². The van der Waals surface area contributed by atoms with Crippen molar-refractivity contribution in [1.82, 2.24) is 14.9 Å². The highest BCUT2D eigenvalue weighted by molar-refractivity contribution is 7.99. The Morgan fingerprint density at radius 3 is 2.91 bits per heavy atom. The van der Waals surface area contributed by atoms with E-state index < -0.39 is 0 Å². The van der Waals surface area contributed by atoms with Crippen LogP contribution in [0, 0.1) is 0 Å². The van der Waals surface area contributed by atoms with Crippen LogP contribution < -0.4 is 5.32 Å². The van der Waals surface area contributed by atoms with Crippen LogP contribution in [0.2, 0.25) is 0 Å². The van der Waals surface area contributed by atoms with Crippen molar-refractivity contribution in [1.29, 1.82) is 0 Å². The standard InChI is InChI=1S/C17H21N3OS/c21-16(13-22-12-14-4-2-1-3-5-14)18-8-10-20-11-9-19-17(20)15-6-7-15/h1-5,9,11,15H,6-8,10,12-13H2,(H,18,21). The van der Waals surface area contributed by atoms with Crippen LogP contribution in [0.4, 0.5) is 0 Å². The van der Waals surface area contributed by atoms with Crippen molar-refractivity contribution in [3.05, 3.63) is 54.1 Å². The van der Waals surface area contributed by atoms with E-state index in [1.165, 1.54) is 24.2 Å². The average Bonchev–Trinajstić information content (AvgIpc) is 3.28. The molecule has 5 heteroatoms. The summed E-state index contributed by atoms with van der Waals surface area (Å²) in [6, 6.07) is 10.2. The molecule has 0 radical (unpaired) electrons. The van der Waals surface area contributed by atoms with Gasteiger partial charge in [-0.25, -0.2) is 4.98 Å². The van der Waals surface area contributed by atoms with Gasteiger partial charge >= 0.3 is 0 Å². The second kappa shape index (κ2) is 7.49. The third-order valence-corrected chi connectivity index (χ3v) is 4.71. The number of carbonyl (C=O) groups excluding carboxylic acids is 1. The highest BCUT2D eigenvalue weighted by Crippen LogP contribution is 2.38. The first kappa shape index (κ1) is 15.2. The maximum Gasteiger partial charge on any atom is 0.230 e. The van der Waals surface area contributed by atoms with Crippen molar-refractivity contribution in [3.63, 3.8) is 0 Å². The van der Waals surface area contributed by atoms with Gasteiger partial charge in [0.05, 0.1) is 5.75 Å². The van der Waals surface area contributed by atoms with Crippen LogP contribution in [0.25, 0.3) is 0 Å². The summed E-state index contributed by atoms with van der Waals surface area (Å²) in [7, 11) is 0. The minimum absolute atomic E-state index is 0.106. The van der Waals surface area contributed by atoms with Crippen LogP contribution in [-0.2, 0) is 17.1 Å². The number of carbonyl (C=O) groups is 1. The number of nitrogens with zero attached hydrogens (tertiary/aromatic N) is 2. The molecule has 1 saturated carbocycles. The molecule has 0 unspecified atom stereocenters. The van der Waals surface area contributed by atoms with E-state index >= 15 is 0 Å². The molecule has 1 N–H and O–H groups in total. The van der Waals surface area contributed by atoms with Gasteiger partial charge in [0.25, 0.3) is 0 Å². The number of hydrogen-bond donors (Lipinski definition) is 1. The Balaban J connectivity index is 1.33. The first-order chi connectivity index (χ1) is 10.8. The van der Waals surface area contributed by atoms with Crippen molar-refractivity contribution in [2.75, 3.05) is 12.3 Å². The molecule has 116 valence electrons. The van der Waals surface area contributed by atoms with Crippen molar-refractivity contribution >= 4 is 17.7 Å². The zero-order chi connectivity index (χ0) is 15.2. The Hall–Kier alpha value is -1.75. The van der Waals surface area contributed by atoms with Gasteiger partial charge in [0.15, 0.2) is 0 Å². The van der Waals surface area contributed by atoms with E-state index in [1.54, 1.807) is 11.8 Å². The molecule has 1 aliphatic rings. The van der Waals surface area contributed by atoms with Gasteiger partial charge < -0.3 is 9.88 Å². The number of nitrogens with one attached hydrogen (secondary N) is 1. The first-order valence-corrected chi connectivity index (χ1v) is 8.88. The summed E-state index contributed by atoms with van der Waals surface area (Å²) in [5.41, 5.74) is 1.26. The molecule has 4 nitrogen and oxygen atoms in total. The fourth-order valence-corrected chi connectivity index (χ4v) is 3.23. The molecule has 0 spiro atoms. The Labute approximate surface area is 135 Å². The predicted octanol–water partition coefficient (Wildman–Crippen LogP) is 2.81. The number of rotatable bonds is 8. The van der Waals surface area contributed by atoms with Crippen LogP contribution >= 0.6 is 11.8 Å². The normalized spacial score (nSPS) is 14.0. The zero-order valence-corrected chi connectivity index (χ0v) is 13.4. The number of benzene rings is 1. The predicted molar refractivity (Wildman–Crippen MR) is 89.8 cm³/mol. The molecule has 22 heavy (non-hydrogen) atoms. The SMILES string of the molecule is O=C(CSCc1ccccc1)NCCn1ccnc1C1CC1. The van der Waals surface area contributed by atoms with Crippen LogP contribution in [0.3, 0.4) is 0 Å². The van der Waals surface area contributed by atoms with Gasteiger partial charge in [-0.3, -0.25) is 4.79 Å². The van der Waals surface area contributed by atoms with Gasteiger partial charge in [-0.1, -0.05) is 30.3 Å². The molecule has 1 heterocycles. The molecule has 0 aliphatic heterocycles. The summed E-state index contributed by atoms with van der Waals surface area (Å²) in [5.74, 6) is 3.31. The van der Waals surface area contributed by atoms with Crippen LogP contribution in [0.15, 0.2) is 42.7 Å². The highest BCUT2D eigenvalue weighted by Gasteiger charge is 2.27. The number of hydrogen-bond acceptors (Lipinski definition) is 3. The van der Waals surface area contributed by atoms with Gasteiger partial charge in [-0.2, -0.15) is 0 Å². The Morgan fingerprint density at radius 1 is 1.32 bits per heavy atom. The number of amides is 1. The minimum atomic E-state index is 0.106. The molecule has 1 aromatic carbocycles. The summed E-state index contributed by atoms with van der Waals surface area (Å²) >= 11 is 1.65. The van der Waals surface area contributed by atoms with Crippen LogP contribution in [0.5, 0.6) is 0 Å². The molecule has 0 bridgehead atoms. The molecule has 0 saturated heterocycles. The summed E-state index contributed by atoms with van der Waals surface area (Å²) in [5, 5.41) is 2.99. The lowest BCUT2D eigenvalue weighted by molar-refractivity contribution is -0.118. The second-order valence-electron chi connectivity index (χ2n) is 5.58. The summed E-state index contributed by atoms with van der Waals surface area (Å²) < 4.78 is 2.16. The highest BCUT2D eigenvalue weighted by atomic mass is 32.2. The lowest BCUT2D eigenvalue weighted by atomic mass is 10.2. The number of imidazole rings is 1. The maximum absolute atomic E-state index is 11.8. The Morgan fingerprint density at radius 2 is 2.14 bits per heavy atom. The van der Waals surface area contributed by atoms with E-state index in [9.17, 15) is 4.79 Å². The van der Waals surface area contributed by atoms with Gasteiger partial charge in [0.1, 0.15) is 5.82 Å². The van der Waals surface area contributed by atoms with E-state index in [1.807, 2.05) is 30.6 Å². The Kier molecular flexibility index (Phi) is 5.16. The fraction of sp³-hybridized carbons (Fsp3) is 0.412. The minimum Gasteiger partial charge on any atom is -0.354 e.